The quantitative estimate of drug-likeness (QED) is 0.538. The average molecular weight is 453 g/mol. The first-order valence-corrected chi connectivity index (χ1v) is 9.17. The van der Waals surface area contributed by atoms with Crippen LogP contribution in [-0.2, 0) is 0 Å². The number of fused-ring (bicyclic) bond motifs is 1. The summed E-state index contributed by atoms with van der Waals surface area (Å²) < 4.78 is 12.1. The van der Waals surface area contributed by atoms with Gasteiger partial charge in [-0.2, -0.15) is 0 Å². The van der Waals surface area contributed by atoms with E-state index < -0.39 is 0 Å². The highest BCUT2D eigenvalue weighted by molar-refractivity contribution is 9.10. The maximum absolute atomic E-state index is 5.75. The van der Waals surface area contributed by atoms with E-state index in [1.165, 1.54) is 6.33 Å². The predicted molar refractivity (Wildman–Crippen MR) is 103 cm³/mol. The number of hydrogen-bond acceptors (Lipinski definition) is 5. The number of ether oxygens (including phenoxy) is 2. The van der Waals surface area contributed by atoms with Crippen LogP contribution in [-0.4, -0.2) is 29.0 Å². The third-order valence-corrected chi connectivity index (χ3v) is 4.16. The van der Waals surface area contributed by atoms with Gasteiger partial charge in [-0.1, -0.05) is 37.9 Å². The molecule has 0 fully saturated rings. The van der Waals surface area contributed by atoms with Crippen molar-refractivity contribution in [2.45, 2.75) is 0 Å². The Morgan fingerprint density at radius 3 is 2.75 bits per heavy atom. The molecule has 24 heavy (non-hydrogen) atoms. The monoisotopic (exact) mass is 451 g/mol. The van der Waals surface area contributed by atoms with Crippen LogP contribution in [0.25, 0.3) is 10.9 Å². The van der Waals surface area contributed by atoms with Crippen LogP contribution in [0.3, 0.4) is 0 Å². The van der Waals surface area contributed by atoms with Crippen molar-refractivity contribution < 1.29 is 9.47 Å². The Morgan fingerprint density at radius 1 is 1.12 bits per heavy atom. The maximum atomic E-state index is 5.75. The number of rotatable bonds is 6. The van der Waals surface area contributed by atoms with E-state index in [0.717, 1.165) is 26.4 Å². The topological polar surface area (TPSA) is 56.3 Å². The number of alkyl halides is 1. The summed E-state index contributed by atoms with van der Waals surface area (Å²) in [6.07, 6.45) is 1.53. The molecule has 124 valence electrons. The number of benzene rings is 2. The second-order valence-electron chi connectivity index (χ2n) is 4.92. The molecule has 0 unspecified atom stereocenters. The summed E-state index contributed by atoms with van der Waals surface area (Å²) in [5.41, 5.74) is 1.72. The van der Waals surface area contributed by atoms with E-state index in [1.807, 2.05) is 36.4 Å². The van der Waals surface area contributed by atoms with E-state index in [1.54, 1.807) is 7.11 Å². The molecular weight excluding hydrogens is 438 g/mol. The highest BCUT2D eigenvalue weighted by Crippen LogP contribution is 2.34. The van der Waals surface area contributed by atoms with Crippen LogP contribution >= 0.6 is 31.9 Å². The van der Waals surface area contributed by atoms with Gasteiger partial charge in [-0.15, -0.1) is 0 Å². The van der Waals surface area contributed by atoms with Gasteiger partial charge in [-0.05, 0) is 24.3 Å². The summed E-state index contributed by atoms with van der Waals surface area (Å²) in [5, 5.41) is 4.92. The van der Waals surface area contributed by atoms with Crippen molar-refractivity contribution in [3.63, 3.8) is 0 Å². The second kappa shape index (κ2) is 7.81. The Kier molecular flexibility index (Phi) is 5.52. The first-order valence-electron chi connectivity index (χ1n) is 7.25. The molecule has 0 radical (unpaired) electrons. The van der Waals surface area contributed by atoms with Gasteiger partial charge in [-0.25, -0.2) is 9.97 Å². The summed E-state index contributed by atoms with van der Waals surface area (Å²) >= 11 is 6.83. The van der Waals surface area contributed by atoms with Gasteiger partial charge >= 0.3 is 0 Å². The van der Waals surface area contributed by atoms with Crippen molar-refractivity contribution in [1.82, 2.24) is 9.97 Å². The largest absolute Gasteiger partial charge is 0.493 e. The van der Waals surface area contributed by atoms with Gasteiger partial charge in [0, 0.05) is 26.9 Å². The van der Waals surface area contributed by atoms with E-state index in [2.05, 4.69) is 47.1 Å². The van der Waals surface area contributed by atoms with E-state index in [4.69, 9.17) is 9.47 Å². The van der Waals surface area contributed by atoms with Crippen molar-refractivity contribution in [3.8, 4) is 11.5 Å². The number of aromatic nitrogens is 2. The fourth-order valence-electron chi connectivity index (χ4n) is 2.29. The summed E-state index contributed by atoms with van der Waals surface area (Å²) in [6, 6.07) is 11.7. The Balaban J connectivity index is 2.04. The first kappa shape index (κ1) is 17.0. The zero-order valence-corrected chi connectivity index (χ0v) is 16.1. The van der Waals surface area contributed by atoms with Crippen molar-refractivity contribution in [2.75, 3.05) is 24.4 Å². The number of nitrogens with zero attached hydrogens (tertiary/aromatic N) is 2. The van der Waals surface area contributed by atoms with Gasteiger partial charge in [0.05, 0.1) is 19.2 Å². The Labute approximate surface area is 156 Å². The number of nitrogens with one attached hydrogen (secondary N) is 1. The normalized spacial score (nSPS) is 10.6. The minimum absolute atomic E-state index is 0.546. The van der Waals surface area contributed by atoms with E-state index in [0.29, 0.717) is 23.9 Å². The van der Waals surface area contributed by atoms with Crippen LogP contribution in [0.4, 0.5) is 11.5 Å². The van der Waals surface area contributed by atoms with Crippen molar-refractivity contribution in [1.29, 1.82) is 0 Å². The molecule has 2 aromatic carbocycles. The summed E-state index contributed by atoms with van der Waals surface area (Å²) in [5.74, 6) is 2.02. The molecule has 1 aromatic heterocycles. The number of anilines is 2. The predicted octanol–water partition coefficient (Wildman–Crippen LogP) is 4.92. The first-order chi connectivity index (χ1) is 11.7. The van der Waals surface area contributed by atoms with Gasteiger partial charge in [0.25, 0.3) is 0 Å². The molecule has 0 saturated carbocycles. The molecule has 0 saturated heterocycles. The second-order valence-corrected chi connectivity index (χ2v) is 6.62. The summed E-state index contributed by atoms with van der Waals surface area (Å²) in [7, 11) is 1.62. The molecule has 0 bridgehead atoms. The molecule has 0 spiro atoms. The van der Waals surface area contributed by atoms with Gasteiger partial charge in [0.2, 0.25) is 0 Å². The zero-order valence-electron chi connectivity index (χ0n) is 12.9. The Morgan fingerprint density at radius 2 is 2.00 bits per heavy atom. The fourth-order valence-corrected chi connectivity index (χ4v) is 2.85. The van der Waals surface area contributed by atoms with Crippen LogP contribution in [0, 0.1) is 0 Å². The highest BCUT2D eigenvalue weighted by atomic mass is 79.9. The van der Waals surface area contributed by atoms with Crippen LogP contribution < -0.4 is 14.8 Å². The molecule has 5 nitrogen and oxygen atoms in total. The highest BCUT2D eigenvalue weighted by Gasteiger charge is 2.12. The van der Waals surface area contributed by atoms with E-state index >= 15 is 0 Å². The van der Waals surface area contributed by atoms with Crippen molar-refractivity contribution in [3.05, 3.63) is 47.2 Å². The average Bonchev–Trinajstić information content (AvgIpc) is 2.59. The lowest BCUT2D eigenvalue weighted by molar-refractivity contribution is 0.315. The van der Waals surface area contributed by atoms with Gasteiger partial charge in [-0.3, -0.25) is 0 Å². The van der Waals surface area contributed by atoms with Gasteiger partial charge in [0.1, 0.15) is 12.1 Å². The van der Waals surface area contributed by atoms with Crippen LogP contribution in [0.5, 0.6) is 11.5 Å². The summed E-state index contributed by atoms with van der Waals surface area (Å²) in [6.45, 7) is 0.546. The van der Waals surface area contributed by atoms with E-state index in [9.17, 15) is 0 Å². The molecule has 3 rings (SSSR count). The zero-order chi connectivity index (χ0) is 16.9. The molecule has 3 aromatic rings. The van der Waals surface area contributed by atoms with Gasteiger partial charge in [0.15, 0.2) is 11.5 Å². The van der Waals surface area contributed by atoms with E-state index in [-0.39, 0.29) is 0 Å². The molecule has 1 N–H and O–H groups in total. The van der Waals surface area contributed by atoms with Crippen molar-refractivity contribution in [2.24, 2.45) is 0 Å². The third kappa shape index (κ3) is 3.79. The van der Waals surface area contributed by atoms with Crippen molar-refractivity contribution >= 4 is 54.3 Å². The minimum atomic E-state index is 0.546. The third-order valence-electron chi connectivity index (χ3n) is 3.34. The minimum Gasteiger partial charge on any atom is -0.493 e. The smallest absolute Gasteiger partial charge is 0.162 e. The Bertz CT molecular complexity index is 858. The van der Waals surface area contributed by atoms with Crippen LogP contribution in [0.1, 0.15) is 0 Å². The molecule has 1 heterocycles. The molecule has 0 aliphatic rings. The molecule has 0 atom stereocenters. The maximum Gasteiger partial charge on any atom is 0.162 e. The molecule has 0 aliphatic heterocycles. The SMILES string of the molecule is COc1cc2ncnc(Nc3cccc(Br)c3)c2cc1OCCBr. The number of halogens is 2. The lowest BCUT2D eigenvalue weighted by atomic mass is 10.2. The fraction of sp³-hybridized carbons (Fsp3) is 0.176. The van der Waals surface area contributed by atoms with Gasteiger partial charge < -0.3 is 14.8 Å². The molecule has 0 aliphatic carbocycles. The standard InChI is InChI=1S/C17H15Br2N3O2/c1-23-15-9-14-13(8-16(15)24-6-5-18)17(21-10-20-14)22-12-4-2-3-11(19)7-12/h2-4,7-10H,5-6H2,1H3,(H,20,21,22). The number of hydrogen-bond donors (Lipinski definition) is 1. The summed E-state index contributed by atoms with van der Waals surface area (Å²) in [4.78, 5) is 8.69. The lowest BCUT2D eigenvalue weighted by Gasteiger charge is -2.13. The molecular formula is C17H15Br2N3O2. The van der Waals surface area contributed by atoms with Crippen LogP contribution in [0.2, 0.25) is 0 Å². The lowest BCUT2D eigenvalue weighted by Crippen LogP contribution is -2.01. The molecule has 7 heteroatoms. The number of methoxy groups -OCH3 is 1. The Hall–Kier alpha value is -1.86. The van der Waals surface area contributed by atoms with Crippen LogP contribution in [0.15, 0.2) is 47.2 Å². The molecule has 0 amide bonds.